The third-order valence-corrected chi connectivity index (χ3v) is 6.26. The Bertz CT molecular complexity index is 1120. The summed E-state index contributed by atoms with van der Waals surface area (Å²) in [4.78, 5) is 9.34. The monoisotopic (exact) mass is 442 g/mol. The smallest absolute Gasteiger partial charge is 0.194 e. The number of aliphatic imine (C=N–C) groups is 1. The summed E-state index contributed by atoms with van der Waals surface area (Å²) in [7, 11) is 0. The van der Waals surface area contributed by atoms with E-state index in [2.05, 4.69) is 67.9 Å². The standard InChI is InChI=1S/C26H30N6O/c27-21-5-1-3-19(17-21)24-6-2-4-20-18-28-26(30-25(20)24)29-22-7-9-23(10-8-22)32-13-11-31(12-14-32)15-16-33/h1-10,17-18,26,29-30,33H,11-16,27H2. The maximum Gasteiger partial charge on any atom is 0.194 e. The summed E-state index contributed by atoms with van der Waals surface area (Å²) in [5, 5.41) is 16.1. The van der Waals surface area contributed by atoms with Gasteiger partial charge < -0.3 is 26.4 Å². The largest absolute Gasteiger partial charge is 0.399 e. The van der Waals surface area contributed by atoms with Crippen LogP contribution in [0, 0.1) is 0 Å². The zero-order chi connectivity index (χ0) is 22.6. The Hall–Kier alpha value is -3.55. The van der Waals surface area contributed by atoms with Gasteiger partial charge in [0.1, 0.15) is 0 Å². The molecule has 2 heterocycles. The van der Waals surface area contributed by atoms with Crippen LogP contribution in [0.4, 0.5) is 22.7 Å². The Kier molecular flexibility index (Phi) is 6.15. The number of para-hydroxylation sites is 1. The van der Waals surface area contributed by atoms with E-state index in [1.807, 2.05) is 30.5 Å². The number of fused-ring (bicyclic) bond motifs is 1. The van der Waals surface area contributed by atoms with E-state index in [9.17, 15) is 0 Å². The number of nitrogens with one attached hydrogen (secondary N) is 2. The molecule has 0 bridgehead atoms. The lowest BCUT2D eigenvalue weighted by atomic mass is 9.99. The first-order valence-electron chi connectivity index (χ1n) is 11.4. The van der Waals surface area contributed by atoms with Crippen LogP contribution in [-0.4, -0.2) is 61.8 Å². The van der Waals surface area contributed by atoms with E-state index >= 15 is 0 Å². The quantitative estimate of drug-likeness (QED) is 0.438. The van der Waals surface area contributed by atoms with Gasteiger partial charge in [-0.3, -0.25) is 4.90 Å². The highest BCUT2D eigenvalue weighted by molar-refractivity contribution is 5.96. The molecule has 0 aliphatic carbocycles. The van der Waals surface area contributed by atoms with Gasteiger partial charge in [-0.15, -0.1) is 0 Å². The summed E-state index contributed by atoms with van der Waals surface area (Å²) in [6.45, 7) is 4.90. The topological polar surface area (TPSA) is 89.2 Å². The van der Waals surface area contributed by atoms with E-state index in [1.54, 1.807) is 0 Å². The van der Waals surface area contributed by atoms with Gasteiger partial charge in [0.2, 0.25) is 0 Å². The number of hydrogen-bond acceptors (Lipinski definition) is 7. The van der Waals surface area contributed by atoms with Crippen LogP contribution in [0.1, 0.15) is 5.56 Å². The Balaban J connectivity index is 1.26. The van der Waals surface area contributed by atoms with Crippen LogP contribution in [0.15, 0.2) is 71.7 Å². The molecule has 0 radical (unpaired) electrons. The minimum Gasteiger partial charge on any atom is -0.399 e. The third-order valence-electron chi connectivity index (χ3n) is 6.26. The van der Waals surface area contributed by atoms with Crippen LogP contribution in [-0.2, 0) is 0 Å². The van der Waals surface area contributed by atoms with Crippen molar-refractivity contribution in [1.29, 1.82) is 0 Å². The number of benzene rings is 3. The van der Waals surface area contributed by atoms with E-state index in [0.717, 1.165) is 66.5 Å². The summed E-state index contributed by atoms with van der Waals surface area (Å²) in [5.74, 6) is 0. The Morgan fingerprint density at radius 3 is 2.55 bits per heavy atom. The van der Waals surface area contributed by atoms with Gasteiger partial charge in [0.15, 0.2) is 6.29 Å². The first kappa shape index (κ1) is 21.3. The fourth-order valence-corrected chi connectivity index (χ4v) is 4.49. The number of nitrogens with two attached hydrogens (primary N) is 1. The van der Waals surface area contributed by atoms with Crippen molar-refractivity contribution in [3.63, 3.8) is 0 Å². The summed E-state index contributed by atoms with van der Waals surface area (Å²) in [6.07, 6.45) is 1.66. The number of nitrogens with zero attached hydrogens (tertiary/aromatic N) is 3. The van der Waals surface area contributed by atoms with Gasteiger partial charge in [-0.1, -0.05) is 30.3 Å². The molecule has 1 unspecified atom stereocenters. The van der Waals surface area contributed by atoms with Crippen LogP contribution < -0.4 is 21.3 Å². The summed E-state index contributed by atoms with van der Waals surface area (Å²) in [6, 6.07) is 22.7. The molecule has 170 valence electrons. The number of aliphatic hydroxyl groups excluding tert-OH is 1. The van der Waals surface area contributed by atoms with E-state index in [-0.39, 0.29) is 12.9 Å². The molecule has 3 aromatic rings. The van der Waals surface area contributed by atoms with Crippen LogP contribution in [0.2, 0.25) is 0 Å². The molecule has 1 saturated heterocycles. The number of hydrogen-bond donors (Lipinski definition) is 4. The summed E-state index contributed by atoms with van der Waals surface area (Å²) in [5.41, 5.74) is 13.3. The second kappa shape index (κ2) is 9.52. The molecule has 0 amide bonds. The van der Waals surface area contributed by atoms with Crippen LogP contribution in [0.5, 0.6) is 0 Å². The van der Waals surface area contributed by atoms with Crippen molar-refractivity contribution < 1.29 is 5.11 Å². The predicted molar refractivity (Wildman–Crippen MR) is 137 cm³/mol. The lowest BCUT2D eigenvalue weighted by molar-refractivity contribution is 0.189. The molecule has 5 rings (SSSR count). The first-order valence-corrected chi connectivity index (χ1v) is 11.4. The Morgan fingerprint density at radius 1 is 1.00 bits per heavy atom. The normalized spacial score (nSPS) is 18.0. The highest BCUT2D eigenvalue weighted by Gasteiger charge is 2.19. The highest BCUT2D eigenvalue weighted by atomic mass is 16.3. The van der Waals surface area contributed by atoms with Crippen LogP contribution in [0.25, 0.3) is 11.1 Å². The molecule has 7 heteroatoms. The van der Waals surface area contributed by atoms with Crippen molar-refractivity contribution in [1.82, 2.24) is 4.90 Å². The lowest BCUT2D eigenvalue weighted by Gasteiger charge is -2.35. The molecule has 3 aromatic carbocycles. The van der Waals surface area contributed by atoms with Gasteiger partial charge in [0, 0.05) is 67.1 Å². The molecule has 1 atom stereocenters. The van der Waals surface area contributed by atoms with Gasteiger partial charge in [0.25, 0.3) is 0 Å². The fraction of sp³-hybridized carbons (Fsp3) is 0.269. The predicted octanol–water partition coefficient (Wildman–Crippen LogP) is 3.29. The minimum absolute atomic E-state index is 0.226. The fourth-order valence-electron chi connectivity index (χ4n) is 4.49. The average Bonchev–Trinajstić information content (AvgIpc) is 2.85. The van der Waals surface area contributed by atoms with E-state index < -0.39 is 0 Å². The van der Waals surface area contributed by atoms with Crippen LogP contribution >= 0.6 is 0 Å². The van der Waals surface area contributed by atoms with Gasteiger partial charge in [-0.25, -0.2) is 4.99 Å². The first-order chi connectivity index (χ1) is 16.2. The van der Waals surface area contributed by atoms with Gasteiger partial charge >= 0.3 is 0 Å². The maximum absolute atomic E-state index is 9.12. The van der Waals surface area contributed by atoms with Crippen LogP contribution in [0.3, 0.4) is 0 Å². The number of rotatable bonds is 6. The molecular formula is C26H30N6O. The second-order valence-electron chi connectivity index (χ2n) is 8.46. The molecule has 1 fully saturated rings. The van der Waals surface area contributed by atoms with Crippen molar-refractivity contribution >= 4 is 29.0 Å². The molecule has 2 aliphatic heterocycles. The molecule has 0 saturated carbocycles. The van der Waals surface area contributed by atoms with Crippen molar-refractivity contribution in [2.45, 2.75) is 6.29 Å². The number of piperazine rings is 1. The molecular weight excluding hydrogens is 412 g/mol. The molecule has 2 aliphatic rings. The summed E-state index contributed by atoms with van der Waals surface area (Å²) < 4.78 is 0. The van der Waals surface area contributed by atoms with Crippen molar-refractivity contribution in [3.8, 4) is 11.1 Å². The Morgan fingerprint density at radius 2 is 1.79 bits per heavy atom. The molecule has 0 aromatic heterocycles. The summed E-state index contributed by atoms with van der Waals surface area (Å²) >= 11 is 0. The number of aliphatic hydroxyl groups is 1. The highest BCUT2D eigenvalue weighted by Crippen LogP contribution is 2.33. The molecule has 33 heavy (non-hydrogen) atoms. The number of nitrogen functional groups attached to an aromatic ring is 1. The van der Waals surface area contributed by atoms with Gasteiger partial charge in [0.05, 0.1) is 12.3 Å². The maximum atomic E-state index is 9.12. The SMILES string of the molecule is Nc1cccc(-c2cccc3c2NC(Nc2ccc(N4CCN(CCO)CC4)cc2)N=C3)c1. The lowest BCUT2D eigenvalue weighted by Crippen LogP contribution is -2.47. The van der Waals surface area contributed by atoms with Crippen molar-refractivity contribution in [2.75, 3.05) is 60.6 Å². The van der Waals surface area contributed by atoms with Gasteiger partial charge in [-0.05, 0) is 42.0 Å². The van der Waals surface area contributed by atoms with E-state index in [4.69, 9.17) is 10.8 Å². The zero-order valence-electron chi connectivity index (χ0n) is 18.6. The van der Waals surface area contributed by atoms with Gasteiger partial charge in [-0.2, -0.15) is 0 Å². The van der Waals surface area contributed by atoms with E-state index in [0.29, 0.717) is 0 Å². The average molecular weight is 443 g/mol. The third kappa shape index (κ3) is 4.79. The molecule has 7 nitrogen and oxygen atoms in total. The minimum atomic E-state index is -0.257. The molecule has 0 spiro atoms. The number of anilines is 4. The van der Waals surface area contributed by atoms with Crippen molar-refractivity contribution in [2.24, 2.45) is 4.99 Å². The van der Waals surface area contributed by atoms with Crippen molar-refractivity contribution in [3.05, 3.63) is 72.3 Å². The molecule has 5 N–H and O–H groups in total. The zero-order valence-corrected chi connectivity index (χ0v) is 18.6. The Labute approximate surface area is 194 Å². The van der Waals surface area contributed by atoms with E-state index in [1.165, 1.54) is 5.69 Å². The second-order valence-corrected chi connectivity index (χ2v) is 8.46. The number of β-amino-alcohol motifs (C(OH)–C–C–N with tert-alkyl or cyclic N) is 1.